The molecule has 3 atom stereocenters. The van der Waals surface area contributed by atoms with Crippen molar-refractivity contribution >= 4 is 30.1 Å². The van der Waals surface area contributed by atoms with Crippen LogP contribution in [0.5, 0.6) is 46.0 Å². The SMILES string of the molecule is COc1ccc(C[C@@H](OC(=O)/C=C/c2ccc(O)c3c2[C@H](C(=O)OCCc2ccc(O)c(O)c2)[C@@H](c2ccc(O)c(O)c2)O3)C(=O)O)cc1O.O=C=O. The highest BCUT2D eigenvalue weighted by Gasteiger charge is 2.44. The molecule has 0 aliphatic carbocycles. The first-order chi connectivity index (χ1) is 25.3. The fraction of sp³-hybridized carbons (Fsp3) is 0.189. The maximum Gasteiger partial charge on any atom is 0.373 e. The third kappa shape index (κ3) is 9.33. The molecule has 0 saturated carbocycles. The van der Waals surface area contributed by atoms with Gasteiger partial charge in [-0.1, -0.05) is 24.3 Å². The smallest absolute Gasteiger partial charge is 0.373 e. The minimum Gasteiger partial charge on any atom is -0.504 e. The number of aromatic hydroxyl groups is 6. The molecule has 0 radical (unpaired) electrons. The van der Waals surface area contributed by atoms with Gasteiger partial charge in [-0.2, -0.15) is 9.59 Å². The van der Waals surface area contributed by atoms with Crippen LogP contribution in [0.2, 0.25) is 0 Å². The van der Waals surface area contributed by atoms with Crippen LogP contribution in [0.3, 0.4) is 0 Å². The molecule has 0 fully saturated rings. The highest BCUT2D eigenvalue weighted by atomic mass is 16.6. The molecule has 0 saturated heterocycles. The van der Waals surface area contributed by atoms with Gasteiger partial charge in [0.1, 0.15) is 12.0 Å². The maximum absolute atomic E-state index is 13.7. The monoisotopic (exact) mass is 732 g/mol. The van der Waals surface area contributed by atoms with E-state index in [9.17, 15) is 50.1 Å². The number of methoxy groups -OCH3 is 1. The molecule has 276 valence electrons. The molecule has 5 rings (SSSR count). The number of carbonyl (C=O) groups excluding carboxylic acids is 4. The number of phenols is 6. The zero-order valence-corrected chi connectivity index (χ0v) is 27.7. The summed E-state index contributed by atoms with van der Waals surface area (Å²) >= 11 is 0. The Morgan fingerprint density at radius 3 is 2.06 bits per heavy atom. The number of hydrogen-bond acceptors (Lipinski definition) is 15. The average molecular weight is 733 g/mol. The number of aliphatic carboxylic acids is 1. The molecule has 1 aliphatic rings. The van der Waals surface area contributed by atoms with Gasteiger partial charge in [0.25, 0.3) is 0 Å². The lowest BCUT2D eigenvalue weighted by Gasteiger charge is -2.19. The minimum absolute atomic E-state index is 0.113. The second-order valence-electron chi connectivity index (χ2n) is 11.3. The Labute approximate surface area is 299 Å². The summed E-state index contributed by atoms with van der Waals surface area (Å²) in [5.41, 5.74) is 1.47. The maximum atomic E-state index is 13.7. The number of esters is 2. The van der Waals surface area contributed by atoms with Crippen LogP contribution in [0.1, 0.15) is 39.8 Å². The van der Waals surface area contributed by atoms with E-state index >= 15 is 0 Å². The summed E-state index contributed by atoms with van der Waals surface area (Å²) in [5, 5.41) is 69.8. The highest BCUT2D eigenvalue weighted by molar-refractivity contribution is 5.91. The van der Waals surface area contributed by atoms with E-state index in [0.29, 0.717) is 11.1 Å². The standard InChI is InChI=1S/C36H32O14.CO2/c1-47-28-10-3-19(15-27(28)42)16-29(35(44)45)49-30(43)11-6-20-4-9-24(39)34-31(20)32(33(50-34)21-5-8-23(38)26(41)17-21)36(46)48-13-12-18-2-7-22(37)25(40)14-18;2-1-3/h2-11,14-15,17,29,32-33,37-42H,12-13,16H2,1H3,(H,44,45);/b11-6+;/t29-,32+,33-;/m1./s1. The van der Waals surface area contributed by atoms with Crippen LogP contribution in [-0.2, 0) is 46.3 Å². The van der Waals surface area contributed by atoms with E-state index < -0.39 is 47.5 Å². The van der Waals surface area contributed by atoms with Crippen molar-refractivity contribution in [1.29, 1.82) is 0 Å². The van der Waals surface area contributed by atoms with Gasteiger partial charge in [0.15, 0.2) is 46.0 Å². The van der Waals surface area contributed by atoms with Gasteiger partial charge in [0.2, 0.25) is 6.10 Å². The molecule has 7 N–H and O–H groups in total. The van der Waals surface area contributed by atoms with Crippen LogP contribution in [0, 0.1) is 0 Å². The number of hydrogen-bond donors (Lipinski definition) is 7. The van der Waals surface area contributed by atoms with Crippen LogP contribution in [-0.4, -0.2) is 79.6 Å². The normalized spacial score (nSPS) is 14.8. The first-order valence-electron chi connectivity index (χ1n) is 15.5. The molecule has 53 heavy (non-hydrogen) atoms. The molecule has 4 aromatic carbocycles. The van der Waals surface area contributed by atoms with Gasteiger partial charge in [-0.25, -0.2) is 9.59 Å². The predicted octanol–water partition coefficient (Wildman–Crippen LogP) is 3.60. The molecule has 0 bridgehead atoms. The summed E-state index contributed by atoms with van der Waals surface area (Å²) in [4.78, 5) is 54.7. The number of phenolic OH excluding ortho intramolecular Hbond substituents is 6. The number of fused-ring (bicyclic) bond motifs is 1. The summed E-state index contributed by atoms with van der Waals surface area (Å²) in [6, 6.07) is 14.8. The average Bonchev–Trinajstić information content (AvgIpc) is 3.53. The largest absolute Gasteiger partial charge is 0.504 e. The number of ether oxygens (including phenoxy) is 4. The molecule has 4 aromatic rings. The zero-order valence-electron chi connectivity index (χ0n) is 27.7. The molecule has 0 spiro atoms. The molecule has 1 aliphatic heterocycles. The Bertz CT molecular complexity index is 2060. The van der Waals surface area contributed by atoms with E-state index in [4.69, 9.17) is 28.5 Å². The van der Waals surface area contributed by atoms with Crippen LogP contribution < -0.4 is 9.47 Å². The second-order valence-corrected chi connectivity index (χ2v) is 11.3. The van der Waals surface area contributed by atoms with Crippen molar-refractivity contribution in [3.8, 4) is 46.0 Å². The van der Waals surface area contributed by atoms with E-state index in [1.165, 1.54) is 79.9 Å². The van der Waals surface area contributed by atoms with Crippen LogP contribution in [0.15, 0.2) is 72.8 Å². The molecule has 1 heterocycles. The molecule has 0 amide bonds. The summed E-state index contributed by atoms with van der Waals surface area (Å²) in [7, 11) is 1.36. The number of rotatable bonds is 12. The Hall–Kier alpha value is -7.19. The second kappa shape index (κ2) is 17.2. The van der Waals surface area contributed by atoms with Crippen molar-refractivity contribution < 1.29 is 78.7 Å². The number of carboxylic acids is 1. The summed E-state index contributed by atoms with van der Waals surface area (Å²) < 4.78 is 21.8. The first-order valence-corrected chi connectivity index (χ1v) is 15.5. The van der Waals surface area contributed by atoms with Crippen LogP contribution in [0.4, 0.5) is 0 Å². The summed E-state index contributed by atoms with van der Waals surface area (Å²) in [6.45, 7) is -0.165. The minimum atomic E-state index is -1.63. The Morgan fingerprint density at radius 2 is 1.43 bits per heavy atom. The molecular formula is C37H32O16. The predicted molar refractivity (Wildman–Crippen MR) is 178 cm³/mol. The van der Waals surface area contributed by atoms with Gasteiger partial charge >= 0.3 is 24.1 Å². The van der Waals surface area contributed by atoms with Crippen molar-refractivity contribution in [1.82, 2.24) is 0 Å². The topological polar surface area (TPSA) is 264 Å². The van der Waals surface area contributed by atoms with Gasteiger partial charge in [-0.05, 0) is 70.8 Å². The van der Waals surface area contributed by atoms with Crippen molar-refractivity contribution in [2.24, 2.45) is 0 Å². The first kappa shape index (κ1) is 38.6. The zero-order chi connectivity index (χ0) is 38.8. The molecule has 16 nitrogen and oxygen atoms in total. The van der Waals surface area contributed by atoms with Crippen LogP contribution >= 0.6 is 0 Å². The molecule has 16 heteroatoms. The summed E-state index contributed by atoms with van der Waals surface area (Å²) in [5.74, 6) is -6.68. The fourth-order valence-corrected chi connectivity index (χ4v) is 5.44. The van der Waals surface area contributed by atoms with E-state index in [0.717, 1.165) is 6.08 Å². The van der Waals surface area contributed by atoms with Gasteiger partial charge in [0.05, 0.1) is 13.7 Å². The van der Waals surface area contributed by atoms with E-state index in [1.807, 2.05) is 0 Å². The Balaban J connectivity index is 0.00000202. The van der Waals surface area contributed by atoms with Crippen LogP contribution in [0.25, 0.3) is 6.08 Å². The quantitative estimate of drug-likeness (QED) is 0.0623. The van der Waals surface area contributed by atoms with E-state index in [-0.39, 0.29) is 76.8 Å². The third-order valence-corrected chi connectivity index (χ3v) is 7.92. The lowest BCUT2D eigenvalue weighted by atomic mass is 9.87. The molecule has 0 aromatic heterocycles. The van der Waals surface area contributed by atoms with E-state index in [1.54, 1.807) is 0 Å². The van der Waals surface area contributed by atoms with Gasteiger partial charge in [0, 0.05) is 24.5 Å². The Kier molecular flexibility index (Phi) is 12.5. The van der Waals surface area contributed by atoms with Crippen molar-refractivity contribution in [3.05, 3.63) is 101 Å². The number of benzene rings is 4. The van der Waals surface area contributed by atoms with Crippen molar-refractivity contribution in [2.75, 3.05) is 13.7 Å². The van der Waals surface area contributed by atoms with E-state index in [2.05, 4.69) is 0 Å². The van der Waals surface area contributed by atoms with Gasteiger partial charge in [-0.3, -0.25) is 4.79 Å². The van der Waals surface area contributed by atoms with Crippen molar-refractivity contribution in [2.45, 2.75) is 31.0 Å². The highest BCUT2D eigenvalue weighted by Crippen LogP contribution is 2.53. The van der Waals surface area contributed by atoms with Crippen molar-refractivity contribution in [3.63, 3.8) is 0 Å². The van der Waals surface area contributed by atoms with Gasteiger partial charge < -0.3 is 54.7 Å². The number of carbonyl (C=O) groups is 3. The Morgan fingerprint density at radius 1 is 0.811 bits per heavy atom. The lowest BCUT2D eigenvalue weighted by Crippen LogP contribution is -2.28. The third-order valence-electron chi connectivity index (χ3n) is 7.92. The molecule has 0 unspecified atom stereocenters. The van der Waals surface area contributed by atoms with Gasteiger partial charge in [-0.15, -0.1) is 0 Å². The number of carboxylic acid groups (broad SMARTS) is 1. The summed E-state index contributed by atoms with van der Waals surface area (Å²) in [6.07, 6.45) is -0.478. The lowest BCUT2D eigenvalue weighted by molar-refractivity contribution is -0.191. The fourth-order valence-electron chi connectivity index (χ4n) is 5.44. The molecular weight excluding hydrogens is 700 g/mol.